The largest absolute Gasteiger partial charge is 0.497 e. The van der Waals surface area contributed by atoms with E-state index < -0.39 is 0 Å². The number of methoxy groups -OCH3 is 1. The fourth-order valence-electron chi connectivity index (χ4n) is 3.24. The minimum Gasteiger partial charge on any atom is -0.497 e. The van der Waals surface area contributed by atoms with Crippen molar-refractivity contribution in [2.75, 3.05) is 45.2 Å². The van der Waals surface area contributed by atoms with E-state index in [-0.39, 0.29) is 18.4 Å². The number of rotatable bonds is 8. The van der Waals surface area contributed by atoms with E-state index in [1.807, 2.05) is 0 Å². The van der Waals surface area contributed by atoms with E-state index in [0.29, 0.717) is 23.7 Å². The molecule has 2 aromatic rings. The molecule has 0 radical (unpaired) electrons. The molecule has 2 heterocycles. The summed E-state index contributed by atoms with van der Waals surface area (Å²) in [5.74, 6) is 0.441. The zero-order valence-electron chi connectivity index (χ0n) is 15.4. The number of hydrogen-bond donors (Lipinski definition) is 2. The van der Waals surface area contributed by atoms with Crippen molar-refractivity contribution in [1.82, 2.24) is 10.1 Å². The molecule has 1 aromatic heterocycles. The van der Waals surface area contributed by atoms with Gasteiger partial charge in [-0.3, -0.25) is 9.59 Å². The van der Waals surface area contributed by atoms with Crippen LogP contribution in [0, 0.1) is 0 Å². The van der Waals surface area contributed by atoms with Crippen LogP contribution in [0.25, 0.3) is 0 Å². The number of aromatic nitrogens is 1. The number of nitrogens with zero attached hydrogens (tertiary/aromatic N) is 2. The van der Waals surface area contributed by atoms with Gasteiger partial charge in [-0.1, -0.05) is 11.2 Å². The molecule has 3 rings (SSSR count). The minimum absolute atomic E-state index is 0.0455. The van der Waals surface area contributed by atoms with E-state index in [9.17, 15) is 9.59 Å². The van der Waals surface area contributed by atoms with Gasteiger partial charge in [0.05, 0.1) is 33.3 Å². The van der Waals surface area contributed by atoms with Crippen molar-refractivity contribution in [2.45, 2.75) is 12.8 Å². The Bertz CT molecular complexity index is 757. The maximum atomic E-state index is 13.0. The second-order valence-electron chi connectivity index (χ2n) is 6.60. The van der Waals surface area contributed by atoms with Crippen LogP contribution >= 0.6 is 0 Å². The maximum absolute atomic E-state index is 13.0. The molecule has 8 nitrogen and oxygen atoms in total. The first-order valence-electron chi connectivity index (χ1n) is 9.13. The third kappa shape index (κ3) is 5.30. The van der Waals surface area contributed by atoms with Crippen LogP contribution in [-0.2, 0) is 4.79 Å². The van der Waals surface area contributed by atoms with Gasteiger partial charge >= 0.3 is 0 Å². The summed E-state index contributed by atoms with van der Waals surface area (Å²) in [6.45, 7) is 3.53. The van der Waals surface area contributed by atoms with Gasteiger partial charge < -0.3 is 24.4 Å². The SMILES string of the molecule is COc1cccc(C(=O)N(CC[NH+]2CCCC2)CC(=O)Nc2ccon2)c1. The van der Waals surface area contributed by atoms with Crippen molar-refractivity contribution in [3.05, 3.63) is 42.2 Å². The van der Waals surface area contributed by atoms with Gasteiger partial charge in [-0.15, -0.1) is 0 Å². The molecule has 144 valence electrons. The van der Waals surface area contributed by atoms with Gasteiger partial charge in [0.15, 0.2) is 5.82 Å². The second-order valence-corrected chi connectivity index (χ2v) is 6.60. The molecule has 1 saturated heterocycles. The van der Waals surface area contributed by atoms with E-state index in [0.717, 1.165) is 19.6 Å². The van der Waals surface area contributed by atoms with Gasteiger partial charge in [-0.25, -0.2) is 0 Å². The smallest absolute Gasteiger partial charge is 0.254 e. The lowest BCUT2D eigenvalue weighted by atomic mass is 10.2. The number of hydrogen-bond acceptors (Lipinski definition) is 5. The number of carbonyl (C=O) groups is 2. The fourth-order valence-corrected chi connectivity index (χ4v) is 3.24. The van der Waals surface area contributed by atoms with Gasteiger partial charge in [-0.2, -0.15) is 0 Å². The zero-order valence-corrected chi connectivity index (χ0v) is 15.4. The number of quaternary nitrogens is 1. The molecule has 2 amide bonds. The summed E-state index contributed by atoms with van der Waals surface area (Å²) in [5.41, 5.74) is 0.500. The molecule has 1 aromatic carbocycles. The Morgan fingerprint density at radius 2 is 2.11 bits per heavy atom. The Hall–Kier alpha value is -2.87. The topological polar surface area (TPSA) is 89.1 Å². The third-order valence-corrected chi connectivity index (χ3v) is 4.69. The highest BCUT2D eigenvalue weighted by Crippen LogP contribution is 2.14. The second kappa shape index (κ2) is 9.18. The standard InChI is InChI=1S/C19H24N4O4/c1-26-16-6-4-5-15(13-16)19(25)23(11-10-22-8-2-3-9-22)14-18(24)20-17-7-12-27-21-17/h4-7,12-13H,2-3,8-11,14H2,1H3,(H,20,21,24)/p+1. The third-order valence-electron chi connectivity index (χ3n) is 4.69. The summed E-state index contributed by atoms with van der Waals surface area (Å²) < 4.78 is 9.92. The molecule has 0 bridgehead atoms. The Morgan fingerprint density at radius 1 is 1.30 bits per heavy atom. The van der Waals surface area contributed by atoms with Crippen molar-refractivity contribution < 1.29 is 23.7 Å². The average Bonchev–Trinajstić information content (AvgIpc) is 3.38. The van der Waals surface area contributed by atoms with E-state index in [4.69, 9.17) is 9.26 Å². The van der Waals surface area contributed by atoms with Crippen LogP contribution in [0.1, 0.15) is 23.2 Å². The van der Waals surface area contributed by atoms with Gasteiger partial charge in [0.2, 0.25) is 5.91 Å². The first-order chi connectivity index (χ1) is 13.2. The van der Waals surface area contributed by atoms with Crippen LogP contribution in [-0.4, -0.2) is 61.7 Å². The Balaban J connectivity index is 1.68. The van der Waals surface area contributed by atoms with Crippen LogP contribution in [0.5, 0.6) is 5.75 Å². The van der Waals surface area contributed by atoms with Gasteiger partial charge in [0, 0.05) is 24.5 Å². The number of ether oxygens (including phenoxy) is 1. The van der Waals surface area contributed by atoms with E-state index in [1.165, 1.54) is 24.0 Å². The number of anilines is 1. The van der Waals surface area contributed by atoms with E-state index in [2.05, 4.69) is 10.5 Å². The summed E-state index contributed by atoms with van der Waals surface area (Å²) >= 11 is 0. The quantitative estimate of drug-likeness (QED) is 0.701. The summed E-state index contributed by atoms with van der Waals surface area (Å²) in [6, 6.07) is 8.53. The van der Waals surface area contributed by atoms with Crippen LogP contribution in [0.15, 0.2) is 41.1 Å². The molecule has 2 N–H and O–H groups in total. The summed E-state index contributed by atoms with van der Waals surface area (Å²) in [5, 5.41) is 6.31. The Labute approximate surface area is 158 Å². The van der Waals surface area contributed by atoms with Crippen LogP contribution in [0.3, 0.4) is 0 Å². The highest BCUT2D eigenvalue weighted by Gasteiger charge is 2.23. The van der Waals surface area contributed by atoms with E-state index >= 15 is 0 Å². The molecule has 0 unspecified atom stereocenters. The number of amides is 2. The molecular formula is C19H25N4O4+. The van der Waals surface area contributed by atoms with Crippen molar-refractivity contribution in [3.8, 4) is 5.75 Å². The van der Waals surface area contributed by atoms with Crippen molar-refractivity contribution in [3.63, 3.8) is 0 Å². The maximum Gasteiger partial charge on any atom is 0.254 e. The predicted octanol–water partition coefficient (Wildman–Crippen LogP) is 0.443. The fraction of sp³-hybridized carbons (Fsp3) is 0.421. The van der Waals surface area contributed by atoms with Crippen LogP contribution in [0.4, 0.5) is 5.82 Å². The number of benzene rings is 1. The molecule has 0 saturated carbocycles. The average molecular weight is 373 g/mol. The molecule has 0 atom stereocenters. The van der Waals surface area contributed by atoms with Crippen LogP contribution < -0.4 is 15.0 Å². The predicted molar refractivity (Wildman–Crippen MR) is 98.8 cm³/mol. The Morgan fingerprint density at radius 3 is 2.81 bits per heavy atom. The van der Waals surface area contributed by atoms with Crippen molar-refractivity contribution in [2.24, 2.45) is 0 Å². The molecule has 0 spiro atoms. The highest BCUT2D eigenvalue weighted by atomic mass is 16.5. The van der Waals surface area contributed by atoms with Gasteiger partial charge in [-0.05, 0) is 18.2 Å². The summed E-state index contributed by atoms with van der Waals surface area (Å²) in [7, 11) is 1.56. The first kappa shape index (κ1) is 18.9. The Kier molecular flexibility index (Phi) is 6.43. The zero-order chi connectivity index (χ0) is 19.1. The molecule has 1 fully saturated rings. The number of carbonyl (C=O) groups excluding carboxylic acids is 2. The first-order valence-corrected chi connectivity index (χ1v) is 9.13. The molecule has 8 heteroatoms. The molecule has 27 heavy (non-hydrogen) atoms. The molecule has 1 aliphatic rings. The number of nitrogens with one attached hydrogen (secondary N) is 2. The molecule has 0 aliphatic carbocycles. The molecule has 1 aliphatic heterocycles. The number of likely N-dealkylation sites (tertiary alicyclic amines) is 1. The van der Waals surface area contributed by atoms with E-state index in [1.54, 1.807) is 42.3 Å². The van der Waals surface area contributed by atoms with Crippen molar-refractivity contribution >= 4 is 17.6 Å². The normalized spacial score (nSPS) is 14.1. The molecular weight excluding hydrogens is 348 g/mol. The van der Waals surface area contributed by atoms with Crippen molar-refractivity contribution in [1.29, 1.82) is 0 Å². The lowest BCUT2D eigenvalue weighted by molar-refractivity contribution is -0.886. The van der Waals surface area contributed by atoms with Gasteiger partial charge in [0.1, 0.15) is 18.6 Å². The lowest BCUT2D eigenvalue weighted by Gasteiger charge is -2.23. The van der Waals surface area contributed by atoms with Gasteiger partial charge in [0.25, 0.3) is 5.91 Å². The summed E-state index contributed by atoms with van der Waals surface area (Å²) in [4.78, 5) is 28.4. The lowest BCUT2D eigenvalue weighted by Crippen LogP contribution is -3.10. The monoisotopic (exact) mass is 373 g/mol. The highest BCUT2D eigenvalue weighted by molar-refractivity contribution is 5.99. The minimum atomic E-state index is -0.309. The van der Waals surface area contributed by atoms with Crippen LogP contribution in [0.2, 0.25) is 0 Å². The summed E-state index contributed by atoms with van der Waals surface area (Å²) in [6.07, 6.45) is 3.81.